The highest BCUT2D eigenvalue weighted by Crippen LogP contribution is 2.42. The molecular weight excluding hydrogens is 837 g/mol. The highest BCUT2D eigenvalue weighted by atomic mass is 32.1. The number of nitrogens with zero attached hydrogens (tertiary/aromatic N) is 4. The lowest BCUT2D eigenvalue weighted by atomic mass is 9.90. The number of phenols is 1. The number of carboxylic acid groups (broad SMARTS) is 2. The number of hydrogen-bond donors (Lipinski definition) is 11. The number of carbonyl (C=O) groups is 4. The van der Waals surface area contributed by atoms with Gasteiger partial charge in [0.1, 0.15) is 35.6 Å². The second-order valence-corrected chi connectivity index (χ2v) is 14.0. The number of amides is 2. The Morgan fingerprint density at radius 1 is 1.03 bits per heavy atom. The quantitative estimate of drug-likeness (QED) is 0.0302. The van der Waals surface area contributed by atoms with E-state index in [-0.39, 0.29) is 52.1 Å². The number of thiocarbonyl (C=S) groups is 1. The summed E-state index contributed by atoms with van der Waals surface area (Å²) < 4.78 is 18.1. The Hall–Kier alpha value is -7.83. The number of aliphatic carboxylic acids is 1. The molecule has 24 heteroatoms. The van der Waals surface area contributed by atoms with Crippen LogP contribution in [0.4, 0.5) is 10.5 Å². The van der Waals surface area contributed by atoms with E-state index in [0.29, 0.717) is 27.8 Å². The number of aliphatic imine (C=N–C) groups is 1. The maximum absolute atomic E-state index is 13.0. The Balaban J connectivity index is 1.10. The Labute approximate surface area is 354 Å². The van der Waals surface area contributed by atoms with Crippen LogP contribution in [0.25, 0.3) is 33.4 Å². The summed E-state index contributed by atoms with van der Waals surface area (Å²) in [5.41, 5.74) is 12.6. The molecule has 0 saturated heterocycles. The van der Waals surface area contributed by atoms with Crippen LogP contribution in [0, 0.1) is 0 Å². The van der Waals surface area contributed by atoms with Gasteiger partial charge in [0, 0.05) is 41.3 Å². The maximum Gasteiger partial charge on any atom is 0.407 e. The SMILES string of the molecule is CC(=O)N[C@H]1[C@H]([C@H](OC(=O)NCc2cn(CNC(=S)Nc3ccc(-c4c5ccc(=O)cc-5oc5cc(O)ccc45)c(C(=O)O)c3)nn2)[C@H](O)CO)OC(C(=O)O)=C[C@@H]1N=C(N)N. The molecule has 1 aliphatic carbocycles. The lowest BCUT2D eigenvalue weighted by molar-refractivity contribution is -0.146. The van der Waals surface area contributed by atoms with E-state index in [1.807, 2.05) is 0 Å². The van der Waals surface area contributed by atoms with Crippen molar-refractivity contribution in [2.45, 2.75) is 50.5 Å². The first kappa shape index (κ1) is 43.7. The van der Waals surface area contributed by atoms with E-state index in [4.69, 9.17) is 37.6 Å². The highest BCUT2D eigenvalue weighted by molar-refractivity contribution is 7.80. The molecule has 62 heavy (non-hydrogen) atoms. The first-order chi connectivity index (χ1) is 29.5. The fourth-order valence-corrected chi connectivity index (χ4v) is 6.77. The summed E-state index contributed by atoms with van der Waals surface area (Å²) in [7, 11) is 0. The van der Waals surface area contributed by atoms with E-state index in [1.165, 1.54) is 41.2 Å². The average Bonchev–Trinajstić information content (AvgIpc) is 3.68. The van der Waals surface area contributed by atoms with Crippen LogP contribution in [0.1, 0.15) is 23.0 Å². The number of nitrogens with one attached hydrogen (secondary N) is 4. The van der Waals surface area contributed by atoms with Crippen molar-refractivity contribution >= 4 is 63.9 Å². The Bertz CT molecular complexity index is 2640. The summed E-state index contributed by atoms with van der Waals surface area (Å²) in [6.07, 6.45) is -3.93. The molecule has 0 saturated carbocycles. The van der Waals surface area contributed by atoms with Gasteiger partial charge in [-0.05, 0) is 60.3 Å². The number of aliphatic hydroxyl groups is 2. The van der Waals surface area contributed by atoms with Gasteiger partial charge in [-0.1, -0.05) is 11.3 Å². The third kappa shape index (κ3) is 10.1. The van der Waals surface area contributed by atoms with E-state index in [0.717, 1.165) is 13.0 Å². The number of aromatic nitrogens is 3. The van der Waals surface area contributed by atoms with Gasteiger partial charge < -0.3 is 72.2 Å². The standard InChI is InChI=1S/C38H38N10O13S/c1-16(50)43-31-25(45-36(39)40)11-29(35(56)57)60-33(31)32(26(53)14-49)61-38(58)41-12-18-13-48(47-46-18)15-42-37(62)44-17-2-5-21(24(8-17)34(54)55)30-22-6-3-19(51)9-27(22)59-28-10-20(52)4-7-23(28)30/h2-11,13,25-26,31-33,49,51,53H,12,14-15H2,1H3,(H,41,58)(H,43,50)(H,54,55)(H,56,57)(H4,39,40,45)(H2,42,44,62)/t25-,26+,31+,32+,33+/m0/s1. The van der Waals surface area contributed by atoms with E-state index >= 15 is 0 Å². The molecule has 0 fully saturated rings. The minimum Gasteiger partial charge on any atom is -0.508 e. The fraction of sp³-hybridized carbons (Fsp3) is 0.237. The van der Waals surface area contributed by atoms with Crippen LogP contribution in [0.2, 0.25) is 0 Å². The van der Waals surface area contributed by atoms with Crippen molar-refractivity contribution in [1.29, 1.82) is 0 Å². The van der Waals surface area contributed by atoms with Crippen molar-refractivity contribution in [2.24, 2.45) is 16.5 Å². The number of carbonyl (C=O) groups excluding carboxylic acids is 2. The molecule has 13 N–H and O–H groups in total. The summed E-state index contributed by atoms with van der Waals surface area (Å²) in [6, 6.07) is 10.6. The Kier molecular flexibility index (Phi) is 13.1. The second kappa shape index (κ2) is 18.6. The minimum absolute atomic E-state index is 0.0437. The molecule has 0 radical (unpaired) electrons. The third-order valence-corrected chi connectivity index (χ3v) is 9.42. The predicted molar refractivity (Wildman–Crippen MR) is 221 cm³/mol. The summed E-state index contributed by atoms with van der Waals surface area (Å²) in [6.45, 7) is -0.143. The number of rotatable bonds is 14. The van der Waals surface area contributed by atoms with Gasteiger partial charge in [-0.15, -0.1) is 5.10 Å². The molecule has 1 aromatic heterocycles. The number of benzene rings is 3. The van der Waals surface area contributed by atoms with Gasteiger partial charge in [-0.2, -0.15) is 0 Å². The van der Waals surface area contributed by atoms with Crippen LogP contribution in [-0.2, 0) is 32.3 Å². The number of guanidine groups is 1. The second-order valence-electron chi connectivity index (χ2n) is 13.6. The van der Waals surface area contributed by atoms with Crippen LogP contribution in [0.3, 0.4) is 0 Å². The summed E-state index contributed by atoms with van der Waals surface area (Å²) in [4.78, 5) is 65.6. The molecule has 23 nitrogen and oxygen atoms in total. The summed E-state index contributed by atoms with van der Waals surface area (Å²) in [5, 5.41) is 69.6. The maximum atomic E-state index is 13.0. The lowest BCUT2D eigenvalue weighted by Crippen LogP contribution is -2.61. The Morgan fingerprint density at radius 2 is 1.79 bits per heavy atom. The number of ether oxygens (including phenoxy) is 2. The van der Waals surface area contributed by atoms with Crippen LogP contribution in [-0.4, -0.2) is 113 Å². The molecule has 324 valence electrons. The molecule has 5 atom stereocenters. The van der Waals surface area contributed by atoms with Gasteiger partial charge in [-0.25, -0.2) is 24.1 Å². The zero-order valence-corrected chi connectivity index (χ0v) is 33.0. The van der Waals surface area contributed by atoms with Crippen LogP contribution in [0.15, 0.2) is 86.8 Å². The molecule has 2 aliphatic heterocycles. The first-order valence-corrected chi connectivity index (χ1v) is 18.6. The van der Waals surface area contributed by atoms with Crippen molar-refractivity contribution in [3.63, 3.8) is 0 Å². The van der Waals surface area contributed by atoms with Crippen LogP contribution in [0.5, 0.6) is 5.75 Å². The number of aliphatic hydroxyl groups excluding tert-OH is 2. The van der Waals surface area contributed by atoms with Crippen LogP contribution >= 0.6 is 12.2 Å². The smallest absolute Gasteiger partial charge is 0.407 e. The van der Waals surface area contributed by atoms with Crippen molar-refractivity contribution in [2.75, 3.05) is 11.9 Å². The molecule has 6 rings (SSSR count). The van der Waals surface area contributed by atoms with Gasteiger partial charge in [-0.3, -0.25) is 9.59 Å². The van der Waals surface area contributed by atoms with E-state index in [2.05, 4.69) is 36.6 Å². The van der Waals surface area contributed by atoms with E-state index in [9.17, 15) is 49.5 Å². The van der Waals surface area contributed by atoms with Crippen molar-refractivity contribution in [3.8, 4) is 28.2 Å². The number of nitrogens with two attached hydrogens (primary N) is 2. The number of aromatic hydroxyl groups is 1. The van der Waals surface area contributed by atoms with Gasteiger partial charge >= 0.3 is 18.0 Å². The first-order valence-electron chi connectivity index (χ1n) is 18.2. The number of fused-ring (bicyclic) bond motifs is 2. The predicted octanol–water partition coefficient (Wildman–Crippen LogP) is -0.0338. The van der Waals surface area contributed by atoms with E-state index < -0.39 is 72.7 Å². The zero-order chi connectivity index (χ0) is 44.8. The molecule has 3 aliphatic rings. The number of phenolic OH excluding ortho intramolecular Hbond substituents is 1. The molecule has 3 aromatic rings. The minimum atomic E-state index is -1.83. The molecule has 2 amide bonds. The summed E-state index contributed by atoms with van der Waals surface area (Å²) in [5.74, 6) is -4.48. The highest BCUT2D eigenvalue weighted by Gasteiger charge is 2.46. The van der Waals surface area contributed by atoms with Gasteiger partial charge in [0.15, 0.2) is 28.7 Å². The number of anilines is 1. The topological polar surface area (TPSA) is 361 Å². The largest absolute Gasteiger partial charge is 0.508 e. The van der Waals surface area contributed by atoms with E-state index in [1.54, 1.807) is 24.3 Å². The van der Waals surface area contributed by atoms with Crippen molar-refractivity contribution in [1.82, 2.24) is 30.9 Å². The number of carboxylic acids is 2. The average molecular weight is 875 g/mol. The van der Waals surface area contributed by atoms with Gasteiger partial charge in [0.05, 0.1) is 37.0 Å². The number of alkyl carbamates (subject to hydrolysis) is 1. The molecule has 0 spiro atoms. The van der Waals surface area contributed by atoms with Crippen molar-refractivity contribution < 1.29 is 58.6 Å². The zero-order valence-electron chi connectivity index (χ0n) is 32.2. The number of aromatic carboxylic acids is 1. The fourth-order valence-electron chi connectivity index (χ4n) is 6.58. The third-order valence-electron chi connectivity index (χ3n) is 9.17. The van der Waals surface area contributed by atoms with Gasteiger partial charge in [0.25, 0.3) is 0 Å². The lowest BCUT2D eigenvalue weighted by Gasteiger charge is -2.39. The van der Waals surface area contributed by atoms with Gasteiger partial charge in [0.2, 0.25) is 11.7 Å². The molecular formula is C38H38N10O13S. The molecule has 2 aromatic carbocycles. The Morgan fingerprint density at radius 3 is 2.48 bits per heavy atom. The monoisotopic (exact) mass is 874 g/mol. The van der Waals surface area contributed by atoms with Crippen LogP contribution < -0.4 is 38.2 Å². The number of hydrogen-bond acceptors (Lipinski definition) is 15. The molecule has 3 heterocycles. The van der Waals surface area contributed by atoms with Crippen molar-refractivity contribution in [3.05, 3.63) is 94.1 Å². The molecule has 0 unspecified atom stereocenters. The summed E-state index contributed by atoms with van der Waals surface area (Å²) >= 11 is 5.42. The normalized spacial score (nSPS) is 16.8. The molecule has 0 bridgehead atoms.